The van der Waals surface area contributed by atoms with Crippen LogP contribution in [0.15, 0.2) is 42.5 Å². The zero-order valence-corrected chi connectivity index (χ0v) is 13.6. The number of halogens is 1. The van der Waals surface area contributed by atoms with E-state index in [1.165, 1.54) is 12.1 Å². The van der Waals surface area contributed by atoms with Crippen molar-refractivity contribution in [3.8, 4) is 5.75 Å². The molecule has 8 heteroatoms. The minimum absolute atomic E-state index is 0.0650. The summed E-state index contributed by atoms with van der Waals surface area (Å²) in [5, 5.41) is 13.8. The lowest BCUT2D eigenvalue weighted by molar-refractivity contribution is -0.385. The van der Waals surface area contributed by atoms with Crippen LogP contribution in [0.4, 0.5) is 11.4 Å². The number of nitro groups is 1. The van der Waals surface area contributed by atoms with E-state index in [1.54, 1.807) is 31.4 Å². The first-order chi connectivity index (χ1) is 11.5. The van der Waals surface area contributed by atoms with E-state index in [1.807, 2.05) is 0 Å². The Labute approximate surface area is 143 Å². The summed E-state index contributed by atoms with van der Waals surface area (Å²) in [5.41, 5.74) is 0.0766. The average molecular weight is 351 g/mol. The quantitative estimate of drug-likeness (QED) is 0.468. The fourth-order valence-corrected chi connectivity index (χ4v) is 2.09. The van der Waals surface area contributed by atoms with Gasteiger partial charge in [0, 0.05) is 23.9 Å². The number of amides is 1. The number of methoxy groups -OCH3 is 1. The molecule has 0 aliphatic rings. The van der Waals surface area contributed by atoms with Gasteiger partial charge in [0.25, 0.3) is 11.6 Å². The molecule has 0 atom stereocenters. The largest absolute Gasteiger partial charge is 0.491 e. The molecule has 0 bridgehead atoms. The van der Waals surface area contributed by atoms with Crippen molar-refractivity contribution in [3.63, 3.8) is 0 Å². The number of carbonyl (C=O) groups excluding carboxylic acids is 1. The molecule has 0 fully saturated rings. The predicted octanol–water partition coefficient (Wildman–Crippen LogP) is 3.53. The molecule has 0 spiro atoms. The molecule has 0 heterocycles. The van der Waals surface area contributed by atoms with E-state index in [9.17, 15) is 14.9 Å². The van der Waals surface area contributed by atoms with Crippen molar-refractivity contribution in [3.05, 3.63) is 63.2 Å². The zero-order chi connectivity index (χ0) is 17.5. The molecule has 1 N–H and O–H groups in total. The van der Waals surface area contributed by atoms with Crippen LogP contribution in [0.25, 0.3) is 0 Å². The van der Waals surface area contributed by atoms with Gasteiger partial charge in [-0.3, -0.25) is 14.9 Å². The highest BCUT2D eigenvalue weighted by Crippen LogP contribution is 2.24. The fourth-order valence-electron chi connectivity index (χ4n) is 1.92. The van der Waals surface area contributed by atoms with Crippen LogP contribution in [0.1, 0.15) is 10.4 Å². The Balaban J connectivity index is 2.08. The molecule has 0 aliphatic heterocycles. The van der Waals surface area contributed by atoms with E-state index in [0.29, 0.717) is 24.7 Å². The molecule has 126 valence electrons. The molecule has 0 aromatic heterocycles. The molecule has 7 nitrogen and oxygen atoms in total. The van der Waals surface area contributed by atoms with Gasteiger partial charge < -0.3 is 14.8 Å². The molecule has 1 amide bonds. The maximum Gasteiger partial charge on any atom is 0.283 e. The lowest BCUT2D eigenvalue weighted by Crippen LogP contribution is -2.14. The van der Waals surface area contributed by atoms with Gasteiger partial charge in [-0.15, -0.1) is 0 Å². The lowest BCUT2D eigenvalue weighted by Gasteiger charge is -2.08. The number of nitro benzene ring substituents is 1. The number of benzene rings is 2. The second-order valence-electron chi connectivity index (χ2n) is 4.74. The minimum atomic E-state index is -0.645. The maximum absolute atomic E-state index is 12.2. The Morgan fingerprint density at radius 2 is 1.92 bits per heavy atom. The van der Waals surface area contributed by atoms with Crippen LogP contribution >= 0.6 is 11.6 Å². The number of hydrogen-bond donors (Lipinski definition) is 1. The fraction of sp³-hybridized carbons (Fsp3) is 0.188. The van der Waals surface area contributed by atoms with Gasteiger partial charge in [0.2, 0.25) is 0 Å². The van der Waals surface area contributed by atoms with Gasteiger partial charge in [-0.25, -0.2) is 0 Å². The average Bonchev–Trinajstić information content (AvgIpc) is 2.56. The molecule has 0 unspecified atom stereocenters. The van der Waals surface area contributed by atoms with Crippen molar-refractivity contribution in [2.24, 2.45) is 0 Å². The van der Waals surface area contributed by atoms with E-state index in [-0.39, 0.29) is 16.3 Å². The van der Waals surface area contributed by atoms with E-state index in [2.05, 4.69) is 5.32 Å². The third-order valence-electron chi connectivity index (χ3n) is 3.07. The van der Waals surface area contributed by atoms with E-state index in [0.717, 1.165) is 6.07 Å². The number of rotatable bonds is 7. The number of nitrogens with zero attached hydrogens (tertiary/aromatic N) is 1. The van der Waals surface area contributed by atoms with Crippen LogP contribution in [0, 0.1) is 10.1 Å². The van der Waals surface area contributed by atoms with Crippen LogP contribution in [0.3, 0.4) is 0 Å². The summed E-state index contributed by atoms with van der Waals surface area (Å²) < 4.78 is 10.3. The normalized spacial score (nSPS) is 10.2. The number of hydrogen-bond acceptors (Lipinski definition) is 5. The summed E-state index contributed by atoms with van der Waals surface area (Å²) in [6, 6.07) is 10.5. The van der Waals surface area contributed by atoms with Gasteiger partial charge in [-0.05, 0) is 36.4 Å². The Bertz CT molecular complexity index is 734. The van der Waals surface area contributed by atoms with Crippen LogP contribution in [0.5, 0.6) is 5.75 Å². The first-order valence-corrected chi connectivity index (χ1v) is 7.36. The summed E-state index contributed by atoms with van der Waals surface area (Å²) in [6.45, 7) is 0.887. The standard InChI is InChI=1S/C16H15ClN2O5/c1-23-8-9-24-13-5-3-12(4-6-13)18-16(20)14-7-2-11(17)10-15(14)19(21)22/h2-7,10H,8-9H2,1H3,(H,18,20). The van der Waals surface area contributed by atoms with Gasteiger partial charge in [0.15, 0.2) is 0 Å². The van der Waals surface area contributed by atoms with Crippen LogP contribution in [0.2, 0.25) is 5.02 Å². The second kappa shape index (κ2) is 8.28. The highest BCUT2D eigenvalue weighted by Gasteiger charge is 2.20. The van der Waals surface area contributed by atoms with Crippen molar-refractivity contribution in [2.45, 2.75) is 0 Å². The van der Waals surface area contributed by atoms with Crippen molar-refractivity contribution >= 4 is 28.9 Å². The Hall–Kier alpha value is -2.64. The maximum atomic E-state index is 12.2. The molecule has 2 rings (SSSR count). The molecule has 24 heavy (non-hydrogen) atoms. The molecular weight excluding hydrogens is 336 g/mol. The highest BCUT2D eigenvalue weighted by molar-refractivity contribution is 6.31. The minimum Gasteiger partial charge on any atom is -0.491 e. The molecule has 0 aliphatic carbocycles. The first kappa shape index (κ1) is 17.7. The summed E-state index contributed by atoms with van der Waals surface area (Å²) in [7, 11) is 1.58. The summed E-state index contributed by atoms with van der Waals surface area (Å²) in [6.07, 6.45) is 0. The van der Waals surface area contributed by atoms with Gasteiger partial charge in [-0.2, -0.15) is 0 Å². The van der Waals surface area contributed by atoms with Gasteiger partial charge in [-0.1, -0.05) is 11.6 Å². The molecule has 0 radical (unpaired) electrons. The molecule has 0 saturated heterocycles. The number of anilines is 1. The van der Waals surface area contributed by atoms with Gasteiger partial charge in [0.1, 0.15) is 17.9 Å². The zero-order valence-electron chi connectivity index (χ0n) is 12.8. The van der Waals surface area contributed by atoms with E-state index >= 15 is 0 Å². The molecule has 0 saturated carbocycles. The summed E-state index contributed by atoms with van der Waals surface area (Å²) in [4.78, 5) is 22.6. The first-order valence-electron chi connectivity index (χ1n) is 6.98. The van der Waals surface area contributed by atoms with Crippen LogP contribution in [-0.4, -0.2) is 31.2 Å². The Morgan fingerprint density at radius 3 is 2.54 bits per heavy atom. The summed E-state index contributed by atoms with van der Waals surface area (Å²) >= 11 is 5.74. The Kier molecular flexibility index (Phi) is 6.11. The smallest absolute Gasteiger partial charge is 0.283 e. The predicted molar refractivity (Wildman–Crippen MR) is 89.9 cm³/mol. The third-order valence-corrected chi connectivity index (χ3v) is 3.30. The van der Waals surface area contributed by atoms with E-state index < -0.39 is 10.8 Å². The number of carbonyl (C=O) groups is 1. The van der Waals surface area contributed by atoms with Gasteiger partial charge in [0.05, 0.1) is 11.5 Å². The SMILES string of the molecule is COCCOc1ccc(NC(=O)c2ccc(Cl)cc2[N+](=O)[O-])cc1. The van der Waals surface area contributed by atoms with E-state index in [4.69, 9.17) is 21.1 Å². The molecular formula is C16H15ClN2O5. The van der Waals surface area contributed by atoms with Crippen LogP contribution < -0.4 is 10.1 Å². The van der Waals surface area contributed by atoms with Crippen molar-refractivity contribution < 1.29 is 19.2 Å². The second-order valence-corrected chi connectivity index (χ2v) is 5.17. The highest BCUT2D eigenvalue weighted by atomic mass is 35.5. The topological polar surface area (TPSA) is 90.7 Å². The van der Waals surface area contributed by atoms with Crippen molar-refractivity contribution in [1.82, 2.24) is 0 Å². The lowest BCUT2D eigenvalue weighted by atomic mass is 10.1. The monoisotopic (exact) mass is 350 g/mol. The molecule has 2 aromatic rings. The van der Waals surface area contributed by atoms with Crippen molar-refractivity contribution in [2.75, 3.05) is 25.6 Å². The molecule has 2 aromatic carbocycles. The number of ether oxygens (including phenoxy) is 2. The van der Waals surface area contributed by atoms with Crippen LogP contribution in [-0.2, 0) is 4.74 Å². The van der Waals surface area contributed by atoms with Gasteiger partial charge >= 0.3 is 0 Å². The van der Waals surface area contributed by atoms with Crippen molar-refractivity contribution in [1.29, 1.82) is 0 Å². The Morgan fingerprint density at radius 1 is 1.21 bits per heavy atom. The number of nitrogens with one attached hydrogen (secondary N) is 1. The third kappa shape index (κ3) is 4.68. The summed E-state index contributed by atoms with van der Waals surface area (Å²) in [5.74, 6) is 0.0361.